The molecule has 0 aliphatic carbocycles. The first kappa shape index (κ1) is 14.4. The highest BCUT2D eigenvalue weighted by molar-refractivity contribution is 8.00. The molecule has 0 nitrogen and oxygen atoms in total. The van der Waals surface area contributed by atoms with Gasteiger partial charge >= 0.3 is 0 Å². The third-order valence-electron chi connectivity index (χ3n) is 1.84. The number of hydrogen-bond acceptors (Lipinski definition) is 1. The van der Waals surface area contributed by atoms with Gasteiger partial charge in [-0.2, -0.15) is 0 Å². The van der Waals surface area contributed by atoms with Crippen molar-refractivity contribution in [1.29, 1.82) is 0 Å². The van der Waals surface area contributed by atoms with Gasteiger partial charge in [-0.3, -0.25) is 0 Å². The summed E-state index contributed by atoms with van der Waals surface area (Å²) in [5.41, 5.74) is 4.55. The second kappa shape index (κ2) is 5.33. The molecule has 0 bridgehead atoms. The average molecular weight is 262 g/mol. The molecule has 17 heavy (non-hydrogen) atoms. The molecule has 0 saturated heterocycles. The highest BCUT2D eigenvalue weighted by Crippen LogP contribution is 2.31. The van der Waals surface area contributed by atoms with Gasteiger partial charge in [0.15, 0.2) is 0 Å². The van der Waals surface area contributed by atoms with E-state index in [1.807, 2.05) is 11.8 Å². The van der Waals surface area contributed by atoms with Crippen LogP contribution in [0.5, 0.6) is 0 Å². The molecule has 0 unspecified atom stereocenters. The van der Waals surface area contributed by atoms with E-state index in [9.17, 15) is 0 Å². The normalized spacial score (nSPS) is 11.9. The van der Waals surface area contributed by atoms with Crippen LogP contribution in [-0.4, -0.2) is 12.8 Å². The largest absolute Gasteiger partial charge is 0.129 e. The molecule has 0 radical (unpaired) electrons. The topological polar surface area (TPSA) is 0 Å². The Morgan fingerprint density at radius 1 is 1.12 bits per heavy atom. The fourth-order valence-corrected chi connectivity index (χ4v) is 2.81. The lowest BCUT2D eigenvalue weighted by molar-refractivity contribution is 0.803. The van der Waals surface area contributed by atoms with Crippen LogP contribution in [0.15, 0.2) is 29.2 Å². The molecule has 1 aromatic carbocycles. The standard InChI is InChI=1S/C15H22SSi/c1-15(2,3)16-14-9-7-8-13(12-14)10-11-17(4,5)6/h7-9,12H,1-6H3. The molecular weight excluding hydrogens is 240 g/mol. The molecule has 0 saturated carbocycles. The molecule has 0 N–H and O–H groups in total. The Balaban J connectivity index is 2.90. The fourth-order valence-electron chi connectivity index (χ4n) is 1.25. The van der Waals surface area contributed by atoms with Gasteiger partial charge in [-0.25, -0.2) is 0 Å². The average Bonchev–Trinajstić information content (AvgIpc) is 2.11. The quantitative estimate of drug-likeness (QED) is 0.398. The van der Waals surface area contributed by atoms with Gasteiger partial charge < -0.3 is 0 Å². The van der Waals surface area contributed by atoms with E-state index in [0.717, 1.165) is 5.56 Å². The summed E-state index contributed by atoms with van der Waals surface area (Å²) in [4.78, 5) is 1.31. The minimum atomic E-state index is -1.27. The van der Waals surface area contributed by atoms with E-state index in [-0.39, 0.29) is 4.75 Å². The Bertz CT molecular complexity index is 438. The number of hydrogen-bond donors (Lipinski definition) is 0. The van der Waals surface area contributed by atoms with Gasteiger partial charge in [0.25, 0.3) is 0 Å². The molecular formula is C15H22SSi. The van der Waals surface area contributed by atoms with Crippen molar-refractivity contribution in [2.24, 2.45) is 0 Å². The smallest absolute Gasteiger partial charge is 0.127 e. The molecule has 92 valence electrons. The van der Waals surface area contributed by atoms with Crippen molar-refractivity contribution < 1.29 is 0 Å². The van der Waals surface area contributed by atoms with E-state index in [2.05, 4.69) is 76.1 Å². The van der Waals surface area contributed by atoms with Crippen molar-refractivity contribution in [3.8, 4) is 11.5 Å². The monoisotopic (exact) mass is 262 g/mol. The molecule has 2 heteroatoms. The van der Waals surface area contributed by atoms with Gasteiger partial charge in [-0.1, -0.05) is 52.4 Å². The lowest BCUT2D eigenvalue weighted by Crippen LogP contribution is -2.16. The lowest BCUT2D eigenvalue weighted by Gasteiger charge is -2.17. The van der Waals surface area contributed by atoms with E-state index < -0.39 is 8.07 Å². The van der Waals surface area contributed by atoms with Crippen molar-refractivity contribution in [1.82, 2.24) is 0 Å². The maximum atomic E-state index is 3.41. The summed E-state index contributed by atoms with van der Waals surface area (Å²) in [6, 6.07) is 8.56. The van der Waals surface area contributed by atoms with Crippen molar-refractivity contribution in [3.05, 3.63) is 29.8 Å². The number of thioether (sulfide) groups is 1. The third kappa shape index (κ3) is 6.60. The van der Waals surface area contributed by atoms with Crippen molar-refractivity contribution in [2.75, 3.05) is 0 Å². The Morgan fingerprint density at radius 3 is 2.29 bits per heavy atom. The lowest BCUT2D eigenvalue weighted by atomic mass is 10.2. The van der Waals surface area contributed by atoms with Gasteiger partial charge in [0.2, 0.25) is 0 Å². The molecule has 1 aromatic rings. The van der Waals surface area contributed by atoms with E-state index in [1.165, 1.54) is 4.90 Å². The Hall–Kier alpha value is -0.653. The number of benzene rings is 1. The zero-order valence-electron chi connectivity index (χ0n) is 11.7. The Labute approximate surface area is 111 Å². The molecule has 0 aliphatic rings. The van der Waals surface area contributed by atoms with Gasteiger partial charge in [0, 0.05) is 15.2 Å². The van der Waals surface area contributed by atoms with Crippen molar-refractivity contribution in [3.63, 3.8) is 0 Å². The molecule has 0 aromatic heterocycles. The van der Waals surface area contributed by atoms with Crippen molar-refractivity contribution in [2.45, 2.75) is 50.1 Å². The number of rotatable bonds is 1. The zero-order chi connectivity index (χ0) is 13.1. The van der Waals surface area contributed by atoms with E-state index in [4.69, 9.17) is 0 Å². The van der Waals surface area contributed by atoms with Gasteiger partial charge in [-0.15, -0.1) is 17.3 Å². The van der Waals surface area contributed by atoms with Crippen molar-refractivity contribution >= 4 is 19.8 Å². The summed E-state index contributed by atoms with van der Waals surface area (Å²) in [6.45, 7) is 13.5. The van der Waals surface area contributed by atoms with Crippen LogP contribution in [0.2, 0.25) is 19.6 Å². The van der Waals surface area contributed by atoms with Crippen LogP contribution < -0.4 is 0 Å². The van der Waals surface area contributed by atoms with E-state index >= 15 is 0 Å². The summed E-state index contributed by atoms with van der Waals surface area (Å²) in [5, 5.41) is 0. The van der Waals surface area contributed by atoms with Crippen LogP contribution in [0.3, 0.4) is 0 Å². The van der Waals surface area contributed by atoms with E-state index in [1.54, 1.807) is 0 Å². The predicted octanol–water partition coefficient (Wildman–Crippen LogP) is 4.81. The molecule has 0 spiro atoms. The Morgan fingerprint density at radius 2 is 1.76 bits per heavy atom. The molecule has 0 atom stereocenters. The summed E-state index contributed by atoms with van der Waals surface area (Å²) in [5.74, 6) is 3.31. The summed E-state index contributed by atoms with van der Waals surface area (Å²) in [6.07, 6.45) is 0. The van der Waals surface area contributed by atoms with E-state index in [0.29, 0.717) is 0 Å². The first-order valence-electron chi connectivity index (χ1n) is 5.98. The third-order valence-corrected chi connectivity index (χ3v) is 3.82. The van der Waals surface area contributed by atoms with Gasteiger partial charge in [0.05, 0.1) is 0 Å². The summed E-state index contributed by atoms with van der Waals surface area (Å²) >= 11 is 1.89. The fraction of sp³-hybridized carbons (Fsp3) is 0.467. The summed E-state index contributed by atoms with van der Waals surface area (Å²) < 4.78 is 0.255. The second-order valence-corrected chi connectivity index (χ2v) is 12.9. The maximum absolute atomic E-state index is 3.41. The zero-order valence-corrected chi connectivity index (χ0v) is 13.5. The highest BCUT2D eigenvalue weighted by Gasteiger charge is 2.12. The van der Waals surface area contributed by atoms with Crippen LogP contribution in [0.4, 0.5) is 0 Å². The van der Waals surface area contributed by atoms with Crippen LogP contribution >= 0.6 is 11.8 Å². The van der Waals surface area contributed by atoms with Gasteiger partial charge in [0.1, 0.15) is 8.07 Å². The molecule has 0 heterocycles. The maximum Gasteiger partial charge on any atom is 0.129 e. The minimum absolute atomic E-state index is 0.255. The van der Waals surface area contributed by atoms with Gasteiger partial charge in [-0.05, 0) is 18.2 Å². The van der Waals surface area contributed by atoms with Crippen LogP contribution in [0.1, 0.15) is 26.3 Å². The first-order chi connectivity index (χ1) is 7.66. The van der Waals surface area contributed by atoms with Crippen LogP contribution in [0, 0.1) is 11.5 Å². The predicted molar refractivity (Wildman–Crippen MR) is 82.3 cm³/mol. The molecule has 0 aliphatic heterocycles. The van der Waals surface area contributed by atoms with Crippen LogP contribution in [0.25, 0.3) is 0 Å². The highest BCUT2D eigenvalue weighted by atomic mass is 32.2. The molecule has 0 amide bonds. The van der Waals surface area contributed by atoms with Crippen LogP contribution in [-0.2, 0) is 0 Å². The first-order valence-corrected chi connectivity index (χ1v) is 10.3. The minimum Gasteiger partial charge on any atom is -0.127 e. The SMILES string of the molecule is CC(C)(C)Sc1cccc(C#C[Si](C)(C)C)c1. The molecule has 1 rings (SSSR count). The second-order valence-electron chi connectivity index (χ2n) is 6.24. The Kier molecular flexibility index (Phi) is 4.52. The molecule has 0 fully saturated rings. The summed E-state index contributed by atoms with van der Waals surface area (Å²) in [7, 11) is -1.27.